The summed E-state index contributed by atoms with van der Waals surface area (Å²) in [5, 5.41) is 0. The lowest BCUT2D eigenvalue weighted by Crippen LogP contribution is -2.11. The van der Waals surface area contributed by atoms with Crippen molar-refractivity contribution in [2.75, 3.05) is 9.80 Å². The minimum absolute atomic E-state index is 1.09. The molecule has 0 aromatic heterocycles. The van der Waals surface area contributed by atoms with Gasteiger partial charge in [-0.05, 0) is 99.6 Å². The molecular weight excluding hydrogens is 677 g/mol. The molecule has 1 aliphatic heterocycles. The zero-order valence-corrected chi connectivity index (χ0v) is 30.8. The number of nitrogens with zero attached hydrogens (tertiary/aromatic N) is 2. The average Bonchev–Trinajstić information content (AvgIpc) is 3.40. The van der Waals surface area contributed by atoms with Gasteiger partial charge in [0.15, 0.2) is 0 Å². The maximum Gasteiger partial charge on any atom is 0.0540 e. The van der Waals surface area contributed by atoms with Crippen molar-refractivity contribution in [3.63, 3.8) is 0 Å². The van der Waals surface area contributed by atoms with Crippen molar-refractivity contribution in [1.29, 1.82) is 0 Å². The van der Waals surface area contributed by atoms with Crippen molar-refractivity contribution < 1.29 is 0 Å². The molecule has 2 heteroatoms. The summed E-state index contributed by atoms with van der Waals surface area (Å²) in [6.07, 6.45) is 0. The third-order valence-electron chi connectivity index (χ3n) is 10.8. The lowest BCUT2D eigenvalue weighted by Gasteiger charge is -2.28. The first-order chi connectivity index (χ1) is 27.8. The van der Waals surface area contributed by atoms with E-state index >= 15 is 0 Å². The Morgan fingerprint density at radius 1 is 0.268 bits per heavy atom. The molecule has 0 N–H and O–H groups in total. The maximum atomic E-state index is 2.41. The van der Waals surface area contributed by atoms with Crippen LogP contribution in [-0.4, -0.2) is 0 Å². The Bertz CT molecular complexity index is 2770. The number of benzene rings is 9. The van der Waals surface area contributed by atoms with Crippen LogP contribution < -0.4 is 9.80 Å². The highest BCUT2D eigenvalue weighted by Gasteiger charge is 2.26. The van der Waals surface area contributed by atoms with Gasteiger partial charge in [-0.15, -0.1) is 0 Å². The standard InChI is InChI=1S/C54H38N2/c1-4-16-39(17-5-1)40-28-33-45(34-29-40)55(52-26-14-12-22-47(52)42-18-6-2-7-19-42)46-35-30-41(31-36-46)43-32-37-54-51(38-43)49-24-11-10-23-48(49)50-25-13-15-27-53(50)56(54)44-20-8-3-9-21-44/h1-38H. The molecule has 0 aliphatic carbocycles. The van der Waals surface area contributed by atoms with Gasteiger partial charge in [0, 0.05) is 33.8 Å². The van der Waals surface area contributed by atoms with Crippen molar-refractivity contribution in [3.05, 3.63) is 231 Å². The zero-order valence-electron chi connectivity index (χ0n) is 30.8. The Hall–Kier alpha value is -7.42. The average molecular weight is 715 g/mol. The van der Waals surface area contributed by atoms with Crippen LogP contribution in [0.4, 0.5) is 34.1 Å². The van der Waals surface area contributed by atoms with Crippen LogP contribution >= 0.6 is 0 Å². The van der Waals surface area contributed by atoms with Gasteiger partial charge in [0.05, 0.1) is 17.1 Å². The third-order valence-corrected chi connectivity index (χ3v) is 10.8. The fourth-order valence-electron chi connectivity index (χ4n) is 8.15. The molecule has 0 unspecified atom stereocenters. The van der Waals surface area contributed by atoms with E-state index in [0.717, 1.165) is 34.0 Å². The Kier molecular flexibility index (Phi) is 8.55. The van der Waals surface area contributed by atoms with Crippen LogP contribution in [0, 0.1) is 0 Å². The zero-order chi connectivity index (χ0) is 37.3. The summed E-state index contributed by atoms with van der Waals surface area (Å²) in [4.78, 5) is 4.78. The van der Waals surface area contributed by atoms with Gasteiger partial charge < -0.3 is 9.80 Å². The number of hydrogen-bond acceptors (Lipinski definition) is 2. The number of para-hydroxylation sites is 3. The Labute approximate surface area is 328 Å². The summed E-state index contributed by atoms with van der Waals surface area (Å²) in [5.74, 6) is 0. The molecule has 9 aromatic rings. The number of hydrogen-bond donors (Lipinski definition) is 0. The van der Waals surface area contributed by atoms with Crippen LogP contribution in [0.3, 0.4) is 0 Å². The minimum atomic E-state index is 1.09. The van der Waals surface area contributed by atoms with Gasteiger partial charge in [0.25, 0.3) is 0 Å². The smallest absolute Gasteiger partial charge is 0.0540 e. The van der Waals surface area contributed by atoms with E-state index in [9.17, 15) is 0 Å². The SMILES string of the molecule is c1ccc(-c2ccc(N(c3ccc(-c4ccc5c(c4)-c4ccccc4-c4ccccc4N5c4ccccc4)cc3)c3ccccc3-c3ccccc3)cc2)cc1. The second-order valence-corrected chi connectivity index (χ2v) is 14.1. The van der Waals surface area contributed by atoms with Gasteiger partial charge in [-0.3, -0.25) is 0 Å². The predicted molar refractivity (Wildman–Crippen MR) is 237 cm³/mol. The molecule has 0 fully saturated rings. The minimum Gasteiger partial charge on any atom is -0.310 e. The molecule has 1 aliphatic rings. The maximum absolute atomic E-state index is 2.41. The molecule has 0 saturated heterocycles. The van der Waals surface area contributed by atoms with Crippen molar-refractivity contribution in [3.8, 4) is 55.6 Å². The normalized spacial score (nSPS) is 11.5. The van der Waals surface area contributed by atoms with E-state index in [-0.39, 0.29) is 0 Å². The first-order valence-corrected chi connectivity index (χ1v) is 19.2. The highest BCUT2D eigenvalue weighted by molar-refractivity contribution is 6.03. The molecule has 0 radical (unpaired) electrons. The van der Waals surface area contributed by atoms with E-state index in [1.54, 1.807) is 0 Å². The Balaban J connectivity index is 1.09. The fraction of sp³-hybridized carbons (Fsp3) is 0. The van der Waals surface area contributed by atoms with Crippen molar-refractivity contribution in [2.24, 2.45) is 0 Å². The number of anilines is 6. The molecule has 9 aromatic carbocycles. The van der Waals surface area contributed by atoms with Gasteiger partial charge in [-0.25, -0.2) is 0 Å². The molecular formula is C54H38N2. The first-order valence-electron chi connectivity index (χ1n) is 19.2. The van der Waals surface area contributed by atoms with Crippen molar-refractivity contribution in [2.45, 2.75) is 0 Å². The predicted octanol–water partition coefficient (Wildman–Crippen LogP) is 15.3. The molecule has 10 rings (SSSR count). The van der Waals surface area contributed by atoms with E-state index in [4.69, 9.17) is 0 Å². The van der Waals surface area contributed by atoms with Crippen molar-refractivity contribution in [1.82, 2.24) is 0 Å². The second kappa shape index (κ2) is 14.4. The van der Waals surface area contributed by atoms with Crippen LogP contribution in [0.5, 0.6) is 0 Å². The van der Waals surface area contributed by atoms with Crippen LogP contribution in [0.25, 0.3) is 55.6 Å². The summed E-state index contributed by atoms with van der Waals surface area (Å²) < 4.78 is 0. The monoisotopic (exact) mass is 714 g/mol. The molecule has 1 heterocycles. The van der Waals surface area contributed by atoms with Gasteiger partial charge in [-0.1, -0.05) is 170 Å². The van der Waals surface area contributed by atoms with Crippen molar-refractivity contribution >= 4 is 34.1 Å². The summed E-state index contributed by atoms with van der Waals surface area (Å²) in [5.41, 5.74) is 18.8. The number of fused-ring (bicyclic) bond motifs is 5. The Morgan fingerprint density at radius 3 is 1.34 bits per heavy atom. The molecule has 0 saturated carbocycles. The van der Waals surface area contributed by atoms with E-state index in [0.29, 0.717) is 0 Å². The van der Waals surface area contributed by atoms with Crippen LogP contribution in [0.15, 0.2) is 231 Å². The third kappa shape index (κ3) is 6.04. The van der Waals surface area contributed by atoms with E-state index in [1.165, 1.54) is 55.8 Å². The van der Waals surface area contributed by atoms with Gasteiger partial charge in [-0.2, -0.15) is 0 Å². The van der Waals surface area contributed by atoms with Crippen LogP contribution in [0.2, 0.25) is 0 Å². The number of rotatable bonds is 7. The molecule has 264 valence electrons. The van der Waals surface area contributed by atoms with Gasteiger partial charge in [0.2, 0.25) is 0 Å². The topological polar surface area (TPSA) is 6.48 Å². The van der Waals surface area contributed by atoms with Gasteiger partial charge >= 0.3 is 0 Å². The molecule has 0 bridgehead atoms. The molecule has 0 spiro atoms. The van der Waals surface area contributed by atoms with E-state index in [2.05, 4.69) is 240 Å². The molecule has 2 nitrogen and oxygen atoms in total. The van der Waals surface area contributed by atoms with Gasteiger partial charge in [0.1, 0.15) is 0 Å². The van der Waals surface area contributed by atoms with Crippen LogP contribution in [0.1, 0.15) is 0 Å². The summed E-state index contributed by atoms with van der Waals surface area (Å²) in [7, 11) is 0. The Morgan fingerprint density at radius 2 is 0.696 bits per heavy atom. The summed E-state index contributed by atoms with van der Waals surface area (Å²) in [6, 6.07) is 83.1. The fourth-order valence-corrected chi connectivity index (χ4v) is 8.15. The lowest BCUT2D eigenvalue weighted by molar-refractivity contribution is 1.28. The highest BCUT2D eigenvalue weighted by atomic mass is 15.2. The second-order valence-electron chi connectivity index (χ2n) is 14.1. The van der Waals surface area contributed by atoms with E-state index in [1.807, 2.05) is 0 Å². The largest absolute Gasteiger partial charge is 0.310 e. The molecule has 0 atom stereocenters. The molecule has 0 amide bonds. The summed E-state index contributed by atoms with van der Waals surface area (Å²) >= 11 is 0. The summed E-state index contributed by atoms with van der Waals surface area (Å²) in [6.45, 7) is 0. The van der Waals surface area contributed by atoms with Crippen LogP contribution in [-0.2, 0) is 0 Å². The quantitative estimate of drug-likeness (QED) is 0.162. The highest BCUT2D eigenvalue weighted by Crippen LogP contribution is 2.51. The lowest BCUT2D eigenvalue weighted by atomic mass is 9.92. The first kappa shape index (κ1) is 33.2. The van der Waals surface area contributed by atoms with E-state index < -0.39 is 0 Å². The molecule has 56 heavy (non-hydrogen) atoms.